The molecule has 1 unspecified atom stereocenters. The second-order valence-electron chi connectivity index (χ2n) is 15.4. The van der Waals surface area contributed by atoms with Gasteiger partial charge in [0.05, 0.1) is 0 Å². The molecule has 0 bridgehead atoms. The van der Waals surface area contributed by atoms with Crippen molar-refractivity contribution in [3.63, 3.8) is 0 Å². The number of nitrogens with zero attached hydrogens (tertiary/aromatic N) is 2. The highest BCUT2D eigenvalue weighted by molar-refractivity contribution is 5.87. The fraction of sp³-hybridized carbons (Fsp3) is 0.907. The van der Waals surface area contributed by atoms with Gasteiger partial charge in [-0.1, -0.05) is 161 Å². The first-order valence-corrected chi connectivity index (χ1v) is 21.6. The lowest BCUT2D eigenvalue weighted by Crippen LogP contribution is -2.53. The van der Waals surface area contributed by atoms with Gasteiger partial charge < -0.3 is 10.6 Å². The fourth-order valence-electron chi connectivity index (χ4n) is 6.73. The van der Waals surface area contributed by atoms with Gasteiger partial charge in [-0.05, 0) is 73.1 Å². The number of unbranched alkanes of at least 4 members (excludes halogenated alkanes) is 24. The number of carbonyl (C=O) groups is 2. The van der Waals surface area contributed by atoms with Crippen LogP contribution >= 0.6 is 0 Å². The Morgan fingerprint density at radius 3 is 1.36 bits per heavy atom. The Kier molecular flexibility index (Phi) is 36.2. The van der Waals surface area contributed by atoms with Gasteiger partial charge >= 0.3 is 0 Å². The minimum absolute atomic E-state index is 0.00367. The second-order valence-corrected chi connectivity index (χ2v) is 15.4. The molecular formula is C43H87N5O2. The predicted octanol–water partition coefficient (Wildman–Crippen LogP) is 10.5. The van der Waals surface area contributed by atoms with Gasteiger partial charge in [-0.3, -0.25) is 24.7 Å². The molecule has 1 atom stereocenters. The minimum atomic E-state index is -0.505. The highest BCUT2D eigenvalue weighted by atomic mass is 16.2. The van der Waals surface area contributed by atoms with Crippen molar-refractivity contribution in [1.29, 1.82) is 0 Å². The van der Waals surface area contributed by atoms with Crippen LogP contribution in [-0.4, -0.2) is 75.2 Å². The molecule has 0 aromatic rings. The number of amides is 2. The van der Waals surface area contributed by atoms with Gasteiger partial charge in [-0.15, -0.1) is 0 Å². The standard InChI is InChI=1S/C43H87N5O2/c1-7-9-11-13-15-17-19-21-23-24-26-28-30-32-34-36-41(49)46-40(37-39-45-43(47(3)4)48(5)6)42(50)44-38-35-33-31-29-27-25-22-20-18-16-14-12-10-8-2/h21,23,40,43,45H,7-20,22,24-39H2,1-6H3,(H,44,50)(H,46,49). The van der Waals surface area contributed by atoms with E-state index in [0.29, 0.717) is 25.9 Å². The van der Waals surface area contributed by atoms with Crippen LogP contribution in [0, 0.1) is 0 Å². The first-order chi connectivity index (χ1) is 24.3. The summed E-state index contributed by atoms with van der Waals surface area (Å²) in [4.78, 5) is 30.3. The van der Waals surface area contributed by atoms with Gasteiger partial charge in [-0.2, -0.15) is 0 Å². The van der Waals surface area contributed by atoms with Crippen molar-refractivity contribution >= 4 is 11.8 Å². The van der Waals surface area contributed by atoms with Crippen molar-refractivity contribution in [2.45, 2.75) is 212 Å². The van der Waals surface area contributed by atoms with E-state index in [0.717, 1.165) is 25.7 Å². The Hall–Kier alpha value is -1.44. The molecule has 7 heteroatoms. The van der Waals surface area contributed by atoms with Gasteiger partial charge in [0.1, 0.15) is 12.3 Å². The molecule has 7 nitrogen and oxygen atoms in total. The highest BCUT2D eigenvalue weighted by Crippen LogP contribution is 2.13. The van der Waals surface area contributed by atoms with Crippen molar-refractivity contribution in [3.8, 4) is 0 Å². The molecule has 0 spiro atoms. The van der Waals surface area contributed by atoms with Crippen LogP contribution in [0.3, 0.4) is 0 Å². The average Bonchev–Trinajstić information content (AvgIpc) is 3.09. The van der Waals surface area contributed by atoms with Gasteiger partial charge in [0.15, 0.2) is 0 Å². The summed E-state index contributed by atoms with van der Waals surface area (Å²) in [5, 5.41) is 9.72. The molecule has 2 amide bonds. The molecule has 0 aliphatic rings. The molecule has 296 valence electrons. The summed E-state index contributed by atoms with van der Waals surface area (Å²) in [7, 11) is 8.14. The zero-order chi connectivity index (χ0) is 36.9. The Balaban J connectivity index is 4.25. The third-order valence-electron chi connectivity index (χ3n) is 9.89. The molecule has 0 saturated heterocycles. The maximum Gasteiger partial charge on any atom is 0.242 e. The number of hydrogen-bond donors (Lipinski definition) is 3. The zero-order valence-corrected chi connectivity index (χ0v) is 34.4. The second kappa shape index (κ2) is 37.3. The average molecular weight is 706 g/mol. The van der Waals surface area contributed by atoms with Gasteiger partial charge in [0.25, 0.3) is 0 Å². The molecule has 0 rings (SSSR count). The van der Waals surface area contributed by atoms with Crippen molar-refractivity contribution in [2.24, 2.45) is 0 Å². The maximum atomic E-state index is 13.2. The first kappa shape index (κ1) is 48.6. The van der Waals surface area contributed by atoms with Gasteiger partial charge in [0, 0.05) is 19.5 Å². The Morgan fingerprint density at radius 2 is 0.920 bits per heavy atom. The van der Waals surface area contributed by atoms with E-state index in [1.165, 1.54) is 148 Å². The largest absolute Gasteiger partial charge is 0.354 e. The molecule has 0 aromatic heterocycles. The normalized spacial score (nSPS) is 12.5. The van der Waals surface area contributed by atoms with Crippen molar-refractivity contribution in [2.75, 3.05) is 41.3 Å². The van der Waals surface area contributed by atoms with E-state index in [4.69, 9.17) is 0 Å². The minimum Gasteiger partial charge on any atom is -0.354 e. The van der Waals surface area contributed by atoms with Crippen LogP contribution in [0.1, 0.15) is 200 Å². The van der Waals surface area contributed by atoms with E-state index in [1.54, 1.807) is 0 Å². The van der Waals surface area contributed by atoms with Crippen LogP contribution in [0.4, 0.5) is 0 Å². The van der Waals surface area contributed by atoms with E-state index in [9.17, 15) is 9.59 Å². The van der Waals surface area contributed by atoms with E-state index >= 15 is 0 Å². The lowest BCUT2D eigenvalue weighted by molar-refractivity contribution is -0.129. The monoisotopic (exact) mass is 706 g/mol. The molecule has 0 heterocycles. The van der Waals surface area contributed by atoms with Gasteiger partial charge in [0.2, 0.25) is 11.8 Å². The topological polar surface area (TPSA) is 76.7 Å². The molecule has 50 heavy (non-hydrogen) atoms. The number of rotatable bonds is 38. The summed E-state index contributed by atoms with van der Waals surface area (Å²) < 4.78 is 0. The van der Waals surface area contributed by atoms with Crippen LogP contribution < -0.4 is 16.0 Å². The van der Waals surface area contributed by atoms with Gasteiger partial charge in [-0.25, -0.2) is 0 Å². The molecule has 0 aromatic carbocycles. The SMILES string of the molecule is CCCCCCCCC=CCCCCCCCC(=O)NC(CCNC(N(C)C)N(C)C)C(=O)NCCCCCCCCCCCCCCCC. The van der Waals surface area contributed by atoms with Crippen LogP contribution in [0.25, 0.3) is 0 Å². The zero-order valence-electron chi connectivity index (χ0n) is 34.4. The Labute approximate surface area is 312 Å². The summed E-state index contributed by atoms with van der Waals surface area (Å²) in [6.07, 6.45) is 40.5. The number of carbonyl (C=O) groups excluding carboxylic acids is 2. The van der Waals surface area contributed by atoms with Crippen LogP contribution in [0.2, 0.25) is 0 Å². The molecule has 3 N–H and O–H groups in total. The van der Waals surface area contributed by atoms with E-state index in [-0.39, 0.29) is 18.1 Å². The third kappa shape index (κ3) is 32.5. The van der Waals surface area contributed by atoms with Crippen LogP contribution in [-0.2, 0) is 9.59 Å². The smallest absolute Gasteiger partial charge is 0.242 e. The summed E-state index contributed by atoms with van der Waals surface area (Å²) in [5.74, 6) is -0.0540. The Bertz CT molecular complexity index is 764. The summed E-state index contributed by atoms with van der Waals surface area (Å²) in [6, 6.07) is -0.505. The third-order valence-corrected chi connectivity index (χ3v) is 9.89. The first-order valence-electron chi connectivity index (χ1n) is 21.6. The van der Waals surface area contributed by atoms with E-state index in [1.807, 2.05) is 28.2 Å². The Morgan fingerprint density at radius 1 is 0.520 bits per heavy atom. The van der Waals surface area contributed by atoms with Crippen molar-refractivity contribution in [3.05, 3.63) is 12.2 Å². The van der Waals surface area contributed by atoms with E-state index in [2.05, 4.69) is 51.7 Å². The lowest BCUT2D eigenvalue weighted by atomic mass is 10.0. The molecule has 0 saturated carbocycles. The highest BCUT2D eigenvalue weighted by Gasteiger charge is 2.21. The molecule has 0 aliphatic heterocycles. The predicted molar refractivity (Wildman–Crippen MR) is 218 cm³/mol. The number of nitrogens with one attached hydrogen (secondary N) is 3. The number of allylic oxidation sites excluding steroid dienone is 2. The number of hydrogen-bond acceptors (Lipinski definition) is 5. The summed E-state index contributed by atoms with van der Waals surface area (Å²) >= 11 is 0. The molecular weight excluding hydrogens is 619 g/mol. The van der Waals surface area contributed by atoms with E-state index < -0.39 is 6.04 Å². The fourth-order valence-corrected chi connectivity index (χ4v) is 6.73. The van der Waals surface area contributed by atoms with Crippen LogP contribution in [0.15, 0.2) is 12.2 Å². The quantitative estimate of drug-likeness (QED) is 0.0339. The molecule has 0 radical (unpaired) electrons. The molecule has 0 aliphatic carbocycles. The molecule has 0 fully saturated rings. The maximum absolute atomic E-state index is 13.2. The lowest BCUT2D eigenvalue weighted by Gasteiger charge is -2.31. The van der Waals surface area contributed by atoms with Crippen LogP contribution in [0.5, 0.6) is 0 Å². The summed E-state index contributed by atoms with van der Waals surface area (Å²) in [5.41, 5.74) is 0. The summed E-state index contributed by atoms with van der Waals surface area (Å²) in [6.45, 7) is 5.88. The van der Waals surface area contributed by atoms with Crippen molar-refractivity contribution < 1.29 is 9.59 Å². The van der Waals surface area contributed by atoms with Crippen molar-refractivity contribution in [1.82, 2.24) is 25.8 Å².